The van der Waals surface area contributed by atoms with Crippen molar-refractivity contribution in [1.29, 1.82) is 0 Å². The predicted molar refractivity (Wildman–Crippen MR) is 100 cm³/mol. The van der Waals surface area contributed by atoms with Crippen LogP contribution in [0.15, 0.2) is 24.3 Å². The van der Waals surface area contributed by atoms with Crippen LogP contribution in [0, 0.1) is 12.7 Å². The van der Waals surface area contributed by atoms with Gasteiger partial charge in [0.05, 0.1) is 5.56 Å². The number of carbonyl (C=O) groups is 1. The number of benzene rings is 1. The van der Waals surface area contributed by atoms with Gasteiger partial charge in [-0.05, 0) is 25.1 Å². The first-order valence-corrected chi connectivity index (χ1v) is 9.08. The summed E-state index contributed by atoms with van der Waals surface area (Å²) < 4.78 is 14.0. The van der Waals surface area contributed by atoms with Crippen LogP contribution in [-0.2, 0) is 0 Å². The summed E-state index contributed by atoms with van der Waals surface area (Å²) in [7, 11) is 0. The third-order valence-electron chi connectivity index (χ3n) is 4.43. The maximum absolute atomic E-state index is 14.0. The molecule has 1 aliphatic heterocycles. The Kier molecular flexibility index (Phi) is 5.41. The lowest BCUT2D eigenvalue weighted by Gasteiger charge is -2.35. The molecule has 0 N–H and O–H groups in total. The van der Waals surface area contributed by atoms with E-state index in [1.807, 2.05) is 13.0 Å². The normalized spacial score (nSPS) is 14.8. The molecule has 26 heavy (non-hydrogen) atoms. The molecule has 1 amide bonds. The number of aromatic nitrogens is 2. The van der Waals surface area contributed by atoms with Crippen molar-refractivity contribution in [3.05, 3.63) is 52.2 Å². The Morgan fingerprint density at radius 2 is 1.85 bits per heavy atom. The van der Waals surface area contributed by atoms with Gasteiger partial charge in [0.1, 0.15) is 17.5 Å². The zero-order valence-corrected chi connectivity index (χ0v) is 15.9. The van der Waals surface area contributed by atoms with Crippen molar-refractivity contribution in [3.8, 4) is 0 Å². The zero-order chi connectivity index (χ0) is 18.8. The fourth-order valence-corrected chi connectivity index (χ4v) is 3.13. The molecule has 0 radical (unpaired) electrons. The van der Waals surface area contributed by atoms with Crippen molar-refractivity contribution >= 4 is 23.3 Å². The van der Waals surface area contributed by atoms with Crippen molar-refractivity contribution in [2.75, 3.05) is 31.1 Å². The molecule has 2 aromatic rings. The second-order valence-corrected chi connectivity index (χ2v) is 7.22. The fraction of sp³-hybridized carbons (Fsp3) is 0.421. The molecular weight excluding hydrogens is 355 g/mol. The van der Waals surface area contributed by atoms with Gasteiger partial charge >= 0.3 is 0 Å². The quantitative estimate of drug-likeness (QED) is 0.820. The fourth-order valence-electron chi connectivity index (χ4n) is 2.97. The van der Waals surface area contributed by atoms with Gasteiger partial charge in [0.2, 0.25) is 0 Å². The maximum atomic E-state index is 14.0. The third-order valence-corrected chi connectivity index (χ3v) is 4.66. The molecule has 0 unspecified atom stereocenters. The Hall–Kier alpha value is -2.21. The first-order valence-electron chi connectivity index (χ1n) is 8.70. The van der Waals surface area contributed by atoms with Gasteiger partial charge in [-0.3, -0.25) is 4.79 Å². The van der Waals surface area contributed by atoms with Gasteiger partial charge in [-0.2, -0.15) is 0 Å². The smallest absolute Gasteiger partial charge is 0.256 e. The molecule has 3 rings (SSSR count). The van der Waals surface area contributed by atoms with Crippen LogP contribution in [-0.4, -0.2) is 47.0 Å². The van der Waals surface area contributed by atoms with Crippen LogP contribution < -0.4 is 4.90 Å². The Labute approximate surface area is 157 Å². The van der Waals surface area contributed by atoms with Crippen molar-refractivity contribution < 1.29 is 9.18 Å². The van der Waals surface area contributed by atoms with Gasteiger partial charge in [-0.1, -0.05) is 25.4 Å². The Morgan fingerprint density at radius 1 is 1.15 bits per heavy atom. The molecule has 1 aliphatic rings. The lowest BCUT2D eigenvalue weighted by molar-refractivity contribution is 0.0742. The molecule has 7 heteroatoms. The zero-order valence-electron chi connectivity index (χ0n) is 15.2. The first kappa shape index (κ1) is 18.6. The molecule has 0 atom stereocenters. The van der Waals surface area contributed by atoms with E-state index in [1.165, 1.54) is 18.2 Å². The van der Waals surface area contributed by atoms with Crippen LogP contribution in [0.1, 0.15) is 41.6 Å². The number of piperazine rings is 1. The number of hydrogen-bond acceptors (Lipinski definition) is 4. The maximum Gasteiger partial charge on any atom is 0.256 e. The molecule has 1 fully saturated rings. The van der Waals surface area contributed by atoms with Crippen LogP contribution in [0.2, 0.25) is 5.02 Å². The van der Waals surface area contributed by atoms with Gasteiger partial charge in [0.25, 0.3) is 5.91 Å². The number of amides is 1. The summed E-state index contributed by atoms with van der Waals surface area (Å²) in [6, 6.07) is 6.10. The van der Waals surface area contributed by atoms with E-state index >= 15 is 0 Å². The Morgan fingerprint density at radius 3 is 2.46 bits per heavy atom. The summed E-state index contributed by atoms with van der Waals surface area (Å²) in [4.78, 5) is 25.5. The minimum atomic E-state index is -0.585. The molecule has 0 spiro atoms. The number of aryl methyl sites for hydroxylation is 1. The SMILES string of the molecule is Cc1cc(N2CCN(C(=O)c3ccc(Cl)cc3F)CC2)nc(C(C)C)n1. The number of carbonyl (C=O) groups excluding carboxylic acids is 1. The van der Waals surface area contributed by atoms with E-state index in [1.54, 1.807) is 4.90 Å². The van der Waals surface area contributed by atoms with Gasteiger partial charge in [0.15, 0.2) is 0 Å². The van der Waals surface area contributed by atoms with Crippen molar-refractivity contribution in [2.24, 2.45) is 0 Å². The van der Waals surface area contributed by atoms with Gasteiger partial charge < -0.3 is 9.80 Å². The van der Waals surface area contributed by atoms with Crippen LogP contribution in [0.4, 0.5) is 10.2 Å². The van der Waals surface area contributed by atoms with E-state index in [0.29, 0.717) is 26.2 Å². The highest BCUT2D eigenvalue weighted by atomic mass is 35.5. The predicted octanol–water partition coefficient (Wildman–Crippen LogP) is 3.66. The van der Waals surface area contributed by atoms with E-state index in [-0.39, 0.29) is 22.4 Å². The van der Waals surface area contributed by atoms with Crippen molar-refractivity contribution in [1.82, 2.24) is 14.9 Å². The Bertz CT molecular complexity index is 819. The molecule has 0 aliphatic carbocycles. The van der Waals surface area contributed by atoms with E-state index in [9.17, 15) is 9.18 Å². The lowest BCUT2D eigenvalue weighted by atomic mass is 10.1. The van der Waals surface area contributed by atoms with Gasteiger partial charge in [-0.15, -0.1) is 0 Å². The summed E-state index contributed by atoms with van der Waals surface area (Å²) in [6.07, 6.45) is 0. The Balaban J connectivity index is 1.70. The highest BCUT2D eigenvalue weighted by molar-refractivity contribution is 6.30. The molecule has 1 saturated heterocycles. The summed E-state index contributed by atoms with van der Waals surface area (Å²) in [5.74, 6) is 1.07. The van der Waals surface area contributed by atoms with Crippen LogP contribution in [0.25, 0.3) is 0 Å². The molecule has 0 saturated carbocycles. The standard InChI is InChI=1S/C19H22ClFN4O/c1-12(2)18-22-13(3)10-17(23-18)24-6-8-25(9-7-24)19(26)15-5-4-14(20)11-16(15)21/h4-5,10-12H,6-9H2,1-3H3. The average Bonchev–Trinajstić information content (AvgIpc) is 2.61. The number of halogens is 2. The third kappa shape index (κ3) is 3.96. The molecule has 5 nitrogen and oxygen atoms in total. The van der Waals surface area contributed by atoms with E-state index in [4.69, 9.17) is 11.6 Å². The molecule has 138 valence electrons. The van der Waals surface area contributed by atoms with E-state index in [0.717, 1.165) is 17.3 Å². The summed E-state index contributed by atoms with van der Waals surface area (Å²) in [5.41, 5.74) is 0.989. The number of anilines is 1. The first-order chi connectivity index (χ1) is 12.3. The number of hydrogen-bond donors (Lipinski definition) is 0. The number of rotatable bonds is 3. The van der Waals surface area contributed by atoms with Crippen LogP contribution in [0.5, 0.6) is 0 Å². The molecule has 2 heterocycles. The summed E-state index contributed by atoms with van der Waals surface area (Å²) in [5, 5.41) is 0.281. The molecule has 0 bridgehead atoms. The minimum Gasteiger partial charge on any atom is -0.353 e. The average molecular weight is 377 g/mol. The number of nitrogens with zero attached hydrogens (tertiary/aromatic N) is 4. The van der Waals surface area contributed by atoms with Gasteiger partial charge in [-0.25, -0.2) is 14.4 Å². The largest absolute Gasteiger partial charge is 0.353 e. The highest BCUT2D eigenvalue weighted by Crippen LogP contribution is 2.21. The summed E-state index contributed by atoms with van der Waals surface area (Å²) >= 11 is 5.76. The monoisotopic (exact) mass is 376 g/mol. The van der Waals surface area contributed by atoms with Crippen LogP contribution in [0.3, 0.4) is 0 Å². The lowest BCUT2D eigenvalue weighted by Crippen LogP contribution is -2.49. The minimum absolute atomic E-state index is 0.0582. The molecule has 1 aromatic carbocycles. The topological polar surface area (TPSA) is 49.3 Å². The second kappa shape index (κ2) is 7.58. The van der Waals surface area contributed by atoms with E-state index in [2.05, 4.69) is 28.7 Å². The summed E-state index contributed by atoms with van der Waals surface area (Å²) in [6.45, 7) is 8.41. The van der Waals surface area contributed by atoms with Crippen molar-refractivity contribution in [3.63, 3.8) is 0 Å². The van der Waals surface area contributed by atoms with Crippen LogP contribution >= 0.6 is 11.6 Å². The molecule has 1 aromatic heterocycles. The molecular formula is C19H22ClFN4O. The highest BCUT2D eigenvalue weighted by Gasteiger charge is 2.25. The van der Waals surface area contributed by atoms with Gasteiger partial charge in [0, 0.05) is 48.9 Å². The van der Waals surface area contributed by atoms with Crippen molar-refractivity contribution in [2.45, 2.75) is 26.7 Å². The van der Waals surface area contributed by atoms with E-state index < -0.39 is 5.82 Å². The second-order valence-electron chi connectivity index (χ2n) is 6.78.